The summed E-state index contributed by atoms with van der Waals surface area (Å²) in [5, 5.41) is 6.30. The van der Waals surface area contributed by atoms with E-state index in [9.17, 15) is 4.79 Å². The molecule has 6 nitrogen and oxygen atoms in total. The zero-order valence-corrected chi connectivity index (χ0v) is 12.9. The fourth-order valence-corrected chi connectivity index (χ4v) is 2.95. The fourth-order valence-electron chi connectivity index (χ4n) is 2.95. The molecule has 1 aromatic heterocycles. The maximum atomic E-state index is 11.6. The van der Waals surface area contributed by atoms with Crippen LogP contribution in [0.15, 0.2) is 18.3 Å². The number of nitrogens with zero attached hydrogens (tertiary/aromatic N) is 2. The van der Waals surface area contributed by atoms with E-state index in [-0.39, 0.29) is 12.1 Å². The summed E-state index contributed by atoms with van der Waals surface area (Å²) in [6, 6.07) is 4.11. The lowest BCUT2D eigenvalue weighted by Gasteiger charge is -2.28. The lowest BCUT2D eigenvalue weighted by Crippen LogP contribution is -2.47. The van der Waals surface area contributed by atoms with Crippen molar-refractivity contribution in [2.75, 3.05) is 32.7 Å². The quantitative estimate of drug-likeness (QED) is 0.774. The average Bonchev–Trinajstić information content (AvgIpc) is 2.56. The number of carbonyl (C=O) groups is 1. The molecular weight excluding hydrogens is 280 g/mol. The van der Waals surface area contributed by atoms with Crippen LogP contribution in [-0.2, 0) is 6.42 Å². The molecule has 1 atom stereocenters. The van der Waals surface area contributed by atoms with Gasteiger partial charge in [-0.15, -0.1) is 0 Å². The molecule has 0 bridgehead atoms. The Morgan fingerprint density at radius 1 is 1.50 bits per heavy atom. The first kappa shape index (κ1) is 15.1. The van der Waals surface area contributed by atoms with Gasteiger partial charge in [0, 0.05) is 37.9 Å². The third-order valence-corrected chi connectivity index (χ3v) is 4.19. The largest absolute Gasteiger partial charge is 0.473 e. The predicted octanol–water partition coefficient (Wildman–Crippen LogP) is 1.17. The summed E-state index contributed by atoms with van der Waals surface area (Å²) in [6.07, 6.45) is 6.04. The van der Waals surface area contributed by atoms with E-state index in [1.807, 2.05) is 11.0 Å². The van der Waals surface area contributed by atoms with Crippen molar-refractivity contribution in [2.45, 2.75) is 31.8 Å². The van der Waals surface area contributed by atoms with Crippen molar-refractivity contribution in [1.29, 1.82) is 0 Å². The van der Waals surface area contributed by atoms with Crippen molar-refractivity contribution in [3.63, 3.8) is 0 Å². The predicted molar refractivity (Wildman–Crippen MR) is 84.0 cm³/mol. The Labute approximate surface area is 131 Å². The Hall–Kier alpha value is -1.82. The number of amides is 2. The molecule has 1 unspecified atom stereocenters. The first-order valence-electron chi connectivity index (χ1n) is 8.17. The topological polar surface area (TPSA) is 66.5 Å². The Morgan fingerprint density at radius 2 is 2.45 bits per heavy atom. The highest BCUT2D eigenvalue weighted by molar-refractivity contribution is 5.74. The number of ether oxygens (including phenoxy) is 1. The summed E-state index contributed by atoms with van der Waals surface area (Å²) < 4.78 is 5.90. The number of urea groups is 1. The van der Waals surface area contributed by atoms with Gasteiger partial charge in [-0.1, -0.05) is 6.07 Å². The van der Waals surface area contributed by atoms with Crippen LogP contribution >= 0.6 is 0 Å². The van der Waals surface area contributed by atoms with E-state index in [2.05, 4.69) is 21.7 Å². The van der Waals surface area contributed by atoms with Gasteiger partial charge in [0.05, 0.1) is 0 Å². The highest BCUT2D eigenvalue weighted by Gasteiger charge is 2.20. The molecule has 2 aliphatic heterocycles. The van der Waals surface area contributed by atoms with E-state index >= 15 is 0 Å². The van der Waals surface area contributed by atoms with E-state index in [0.717, 1.165) is 64.3 Å². The first-order chi connectivity index (χ1) is 10.8. The van der Waals surface area contributed by atoms with Crippen molar-refractivity contribution in [3.05, 3.63) is 23.9 Å². The van der Waals surface area contributed by atoms with Gasteiger partial charge >= 0.3 is 6.03 Å². The molecule has 0 aliphatic carbocycles. The Bertz CT molecular complexity index is 509. The summed E-state index contributed by atoms with van der Waals surface area (Å²) in [6.45, 7) is 4.23. The second-order valence-corrected chi connectivity index (χ2v) is 5.88. The molecule has 3 rings (SSSR count). The highest BCUT2D eigenvalue weighted by atomic mass is 16.5. The summed E-state index contributed by atoms with van der Waals surface area (Å²) in [4.78, 5) is 17.8. The fraction of sp³-hybridized carbons (Fsp3) is 0.625. The normalized spacial score (nSPS) is 21.0. The van der Waals surface area contributed by atoms with Crippen molar-refractivity contribution in [2.24, 2.45) is 0 Å². The molecule has 2 aliphatic rings. The third-order valence-electron chi connectivity index (χ3n) is 4.19. The van der Waals surface area contributed by atoms with Gasteiger partial charge in [0.2, 0.25) is 5.88 Å². The molecule has 0 aromatic carbocycles. The van der Waals surface area contributed by atoms with Crippen LogP contribution in [0.2, 0.25) is 0 Å². The van der Waals surface area contributed by atoms with Crippen molar-refractivity contribution < 1.29 is 9.53 Å². The maximum Gasteiger partial charge on any atom is 0.317 e. The number of pyridine rings is 1. The van der Waals surface area contributed by atoms with Gasteiger partial charge in [0.15, 0.2) is 0 Å². The second-order valence-electron chi connectivity index (χ2n) is 5.88. The molecule has 1 fully saturated rings. The van der Waals surface area contributed by atoms with Crippen LogP contribution in [0.5, 0.6) is 5.88 Å². The standard InChI is InChI=1S/C16H24N4O2/c21-16-19-9-3-11-20(16)10-2-7-17-12-14-6-5-13-4-1-8-18-15(13)22-14/h1,4,8,14,17H,2-3,5-7,9-12H2,(H,19,21). The summed E-state index contributed by atoms with van der Waals surface area (Å²) in [5.74, 6) is 0.783. The van der Waals surface area contributed by atoms with Crippen molar-refractivity contribution in [1.82, 2.24) is 20.5 Å². The van der Waals surface area contributed by atoms with E-state index in [1.165, 1.54) is 5.56 Å². The zero-order chi connectivity index (χ0) is 15.2. The third kappa shape index (κ3) is 3.88. The zero-order valence-electron chi connectivity index (χ0n) is 12.9. The minimum absolute atomic E-state index is 0.0737. The van der Waals surface area contributed by atoms with E-state index in [0.29, 0.717) is 0 Å². The molecule has 2 N–H and O–H groups in total. The van der Waals surface area contributed by atoms with Gasteiger partial charge in [-0.3, -0.25) is 0 Å². The summed E-state index contributed by atoms with van der Waals surface area (Å²) in [5.41, 5.74) is 1.20. The van der Waals surface area contributed by atoms with Crippen LogP contribution < -0.4 is 15.4 Å². The SMILES string of the molecule is O=C1NCCCN1CCCNCC1CCc2cccnc2O1. The molecule has 1 aromatic rings. The monoisotopic (exact) mass is 304 g/mol. The van der Waals surface area contributed by atoms with E-state index < -0.39 is 0 Å². The van der Waals surface area contributed by atoms with Gasteiger partial charge in [-0.2, -0.15) is 0 Å². The van der Waals surface area contributed by atoms with Crippen molar-refractivity contribution >= 4 is 6.03 Å². The number of hydrogen-bond donors (Lipinski definition) is 2. The number of rotatable bonds is 6. The molecule has 22 heavy (non-hydrogen) atoms. The molecule has 1 saturated heterocycles. The van der Waals surface area contributed by atoms with Crippen LogP contribution in [0.3, 0.4) is 0 Å². The Morgan fingerprint density at radius 3 is 3.36 bits per heavy atom. The van der Waals surface area contributed by atoms with E-state index in [1.54, 1.807) is 6.20 Å². The molecule has 0 spiro atoms. The van der Waals surface area contributed by atoms with Gasteiger partial charge in [0.25, 0.3) is 0 Å². The molecule has 0 radical (unpaired) electrons. The number of hydrogen-bond acceptors (Lipinski definition) is 4. The van der Waals surface area contributed by atoms with Gasteiger partial charge in [-0.25, -0.2) is 9.78 Å². The lowest BCUT2D eigenvalue weighted by atomic mass is 10.1. The molecular formula is C16H24N4O2. The number of fused-ring (bicyclic) bond motifs is 1. The minimum atomic E-state index is 0.0737. The Kier molecular flexibility index (Phi) is 5.11. The first-order valence-corrected chi connectivity index (χ1v) is 8.17. The van der Waals surface area contributed by atoms with Gasteiger partial charge in [-0.05, 0) is 38.3 Å². The summed E-state index contributed by atoms with van der Waals surface area (Å²) >= 11 is 0. The number of aromatic nitrogens is 1. The Balaban J connectivity index is 1.32. The average molecular weight is 304 g/mol. The molecule has 2 amide bonds. The molecule has 6 heteroatoms. The van der Waals surface area contributed by atoms with Crippen LogP contribution in [0.1, 0.15) is 24.8 Å². The van der Waals surface area contributed by atoms with Crippen LogP contribution in [0, 0.1) is 0 Å². The minimum Gasteiger partial charge on any atom is -0.473 e. The van der Waals surface area contributed by atoms with E-state index in [4.69, 9.17) is 4.74 Å². The van der Waals surface area contributed by atoms with Crippen LogP contribution in [-0.4, -0.2) is 54.7 Å². The molecule has 0 saturated carbocycles. The smallest absolute Gasteiger partial charge is 0.317 e. The highest BCUT2D eigenvalue weighted by Crippen LogP contribution is 2.24. The number of nitrogens with one attached hydrogen (secondary N) is 2. The van der Waals surface area contributed by atoms with Crippen LogP contribution in [0.4, 0.5) is 4.79 Å². The van der Waals surface area contributed by atoms with Crippen molar-refractivity contribution in [3.8, 4) is 5.88 Å². The summed E-state index contributed by atoms with van der Waals surface area (Å²) in [7, 11) is 0. The van der Waals surface area contributed by atoms with Gasteiger partial charge < -0.3 is 20.3 Å². The lowest BCUT2D eigenvalue weighted by molar-refractivity contribution is 0.161. The number of carbonyl (C=O) groups excluding carboxylic acids is 1. The molecule has 3 heterocycles. The van der Waals surface area contributed by atoms with Crippen LogP contribution in [0.25, 0.3) is 0 Å². The second kappa shape index (κ2) is 7.45. The maximum absolute atomic E-state index is 11.6. The number of aryl methyl sites for hydroxylation is 1. The van der Waals surface area contributed by atoms with Gasteiger partial charge in [0.1, 0.15) is 6.10 Å². The molecule has 120 valence electrons.